The van der Waals surface area contributed by atoms with Gasteiger partial charge < -0.3 is 9.47 Å². The van der Waals surface area contributed by atoms with Crippen molar-refractivity contribution in [2.24, 2.45) is 0 Å². The van der Waals surface area contributed by atoms with Crippen molar-refractivity contribution in [3.05, 3.63) is 279 Å². The average Bonchev–Trinajstić information content (AvgIpc) is 3.77. The number of hydrogen-bond donors (Lipinski definition) is 0. The molecule has 12 aromatic carbocycles. The number of hydrogen-bond acceptors (Lipinski definition) is 1. The molecular weight excluding hydrogens is 845 g/mol. The van der Waals surface area contributed by atoms with Gasteiger partial charge in [0.15, 0.2) is 0 Å². The average molecular weight is 891 g/mol. The van der Waals surface area contributed by atoms with Crippen molar-refractivity contribution in [1.29, 1.82) is 0 Å². The highest BCUT2D eigenvalue weighted by molar-refractivity contribution is 6.12. The number of anilines is 3. The molecule has 0 atom stereocenters. The molecule has 2 heteroatoms. The summed E-state index contributed by atoms with van der Waals surface area (Å²) in [4.78, 5) is 2.51. The number of benzene rings is 12. The number of fused-ring (bicyclic) bond motifs is 5. The van der Waals surface area contributed by atoms with Crippen molar-refractivity contribution in [3.63, 3.8) is 0 Å². The first kappa shape index (κ1) is 41.0. The van der Waals surface area contributed by atoms with E-state index in [1.54, 1.807) is 0 Å². The topological polar surface area (TPSA) is 8.17 Å². The van der Waals surface area contributed by atoms with E-state index in [2.05, 4.69) is 289 Å². The third-order valence-corrected chi connectivity index (χ3v) is 14.0. The fraction of sp³-hybridized carbons (Fsp3) is 0. The molecule has 0 saturated carbocycles. The predicted octanol–water partition coefficient (Wildman–Crippen LogP) is 18.9. The largest absolute Gasteiger partial charge is 0.309 e. The van der Waals surface area contributed by atoms with Crippen molar-refractivity contribution < 1.29 is 0 Å². The quantitative estimate of drug-likeness (QED) is 0.140. The van der Waals surface area contributed by atoms with Crippen LogP contribution in [0.25, 0.3) is 105 Å². The Kier molecular flexibility index (Phi) is 10.2. The summed E-state index contributed by atoms with van der Waals surface area (Å²) in [7, 11) is 0. The molecule has 0 aliphatic heterocycles. The van der Waals surface area contributed by atoms with Crippen LogP contribution in [0, 0.1) is 0 Å². The fourth-order valence-corrected chi connectivity index (χ4v) is 10.8. The van der Waals surface area contributed by atoms with Gasteiger partial charge in [-0.25, -0.2) is 0 Å². The van der Waals surface area contributed by atoms with Gasteiger partial charge >= 0.3 is 0 Å². The van der Waals surface area contributed by atoms with E-state index in [1.165, 1.54) is 65.6 Å². The molecule has 2 nitrogen and oxygen atoms in total. The number of rotatable bonds is 9. The van der Waals surface area contributed by atoms with Gasteiger partial charge in [0.1, 0.15) is 0 Å². The lowest BCUT2D eigenvalue weighted by Gasteiger charge is -2.31. The molecule has 0 radical (unpaired) electrons. The monoisotopic (exact) mass is 890 g/mol. The molecule has 0 aliphatic carbocycles. The molecule has 0 amide bonds. The SMILES string of the molecule is c1ccc(-c2ccc(-c3cccc4ccccc34)cc2N(c2cccc(-c3ccc4c(c3)c3ccccc3n4-c3ccccc3)c2)c2ccccc2-c2cccc3cccc(-c4ccccc4)c23)cc1. The van der Waals surface area contributed by atoms with E-state index in [4.69, 9.17) is 0 Å². The summed E-state index contributed by atoms with van der Waals surface area (Å²) < 4.78 is 2.38. The van der Waals surface area contributed by atoms with Gasteiger partial charge in [-0.3, -0.25) is 0 Å². The van der Waals surface area contributed by atoms with Crippen LogP contribution in [-0.2, 0) is 0 Å². The Morgan fingerprint density at radius 3 is 1.60 bits per heavy atom. The molecule has 13 rings (SSSR count). The molecule has 0 aliphatic rings. The molecule has 328 valence electrons. The Morgan fingerprint density at radius 2 is 0.800 bits per heavy atom. The Bertz CT molecular complexity index is 4050. The Hall–Kier alpha value is -9.24. The summed E-state index contributed by atoms with van der Waals surface area (Å²) in [5.41, 5.74) is 18.5. The number of para-hydroxylation sites is 3. The highest BCUT2D eigenvalue weighted by atomic mass is 15.1. The van der Waals surface area contributed by atoms with Crippen LogP contribution in [0.3, 0.4) is 0 Å². The molecule has 0 N–H and O–H groups in total. The van der Waals surface area contributed by atoms with Crippen molar-refractivity contribution in [2.45, 2.75) is 0 Å². The van der Waals surface area contributed by atoms with Crippen molar-refractivity contribution in [2.75, 3.05) is 4.90 Å². The van der Waals surface area contributed by atoms with Gasteiger partial charge in [-0.2, -0.15) is 0 Å². The van der Waals surface area contributed by atoms with Crippen LogP contribution in [0.5, 0.6) is 0 Å². The Labute approximate surface area is 408 Å². The second-order valence-electron chi connectivity index (χ2n) is 18.0. The fourth-order valence-electron chi connectivity index (χ4n) is 10.8. The van der Waals surface area contributed by atoms with E-state index in [0.717, 1.165) is 56.1 Å². The van der Waals surface area contributed by atoms with Gasteiger partial charge in [0, 0.05) is 33.3 Å². The first-order valence-corrected chi connectivity index (χ1v) is 24.1. The molecule has 0 bridgehead atoms. The van der Waals surface area contributed by atoms with Gasteiger partial charge in [-0.15, -0.1) is 0 Å². The standard InChI is InChI=1S/C68H46N2/c1-4-20-48(21-5-1)58-42-40-53(57-35-17-25-47-24-10-11-32-56(47)57)46-67(58)70(64-38-14-12-33-60(64)62-37-19-27-50-26-18-36-59(68(50)62)49-22-6-2-7-23-49)55-31-16-28-51(44-55)52-41-43-66-63(45-52)61-34-13-15-39-65(61)69(66)54-29-8-3-9-30-54/h1-46H. The van der Waals surface area contributed by atoms with Gasteiger partial charge in [-0.1, -0.05) is 224 Å². The summed E-state index contributed by atoms with van der Waals surface area (Å²) >= 11 is 0. The van der Waals surface area contributed by atoms with Gasteiger partial charge in [0.05, 0.1) is 22.4 Å². The molecule has 1 heterocycles. The lowest BCUT2D eigenvalue weighted by Crippen LogP contribution is -2.13. The minimum atomic E-state index is 1.06. The number of aromatic nitrogens is 1. The zero-order valence-corrected chi connectivity index (χ0v) is 38.5. The van der Waals surface area contributed by atoms with Crippen molar-refractivity contribution >= 4 is 60.4 Å². The minimum Gasteiger partial charge on any atom is -0.309 e. The highest BCUT2D eigenvalue weighted by Crippen LogP contribution is 2.49. The third-order valence-electron chi connectivity index (χ3n) is 14.0. The molecule has 1 aromatic heterocycles. The van der Waals surface area contributed by atoms with Crippen LogP contribution in [-0.4, -0.2) is 4.57 Å². The van der Waals surface area contributed by atoms with Gasteiger partial charge in [0.2, 0.25) is 0 Å². The summed E-state index contributed by atoms with van der Waals surface area (Å²) in [5, 5.41) is 7.34. The molecule has 0 unspecified atom stereocenters. The maximum absolute atomic E-state index is 2.51. The smallest absolute Gasteiger partial charge is 0.0546 e. The van der Waals surface area contributed by atoms with Crippen molar-refractivity contribution in [1.82, 2.24) is 4.57 Å². The lowest BCUT2D eigenvalue weighted by molar-refractivity contribution is 1.18. The summed E-state index contributed by atoms with van der Waals surface area (Å²) in [6.07, 6.45) is 0. The van der Waals surface area contributed by atoms with E-state index in [0.29, 0.717) is 0 Å². The van der Waals surface area contributed by atoms with Crippen molar-refractivity contribution in [3.8, 4) is 61.3 Å². The molecule has 0 fully saturated rings. The lowest BCUT2D eigenvalue weighted by atomic mass is 9.90. The summed E-state index contributed by atoms with van der Waals surface area (Å²) in [5.74, 6) is 0. The maximum atomic E-state index is 2.51. The van der Waals surface area contributed by atoms with E-state index < -0.39 is 0 Å². The summed E-state index contributed by atoms with van der Waals surface area (Å²) in [6.45, 7) is 0. The summed E-state index contributed by atoms with van der Waals surface area (Å²) in [6, 6.07) is 102. The molecule has 70 heavy (non-hydrogen) atoms. The molecular formula is C68H46N2. The van der Waals surface area contributed by atoms with Gasteiger partial charge in [0.25, 0.3) is 0 Å². The molecule has 13 aromatic rings. The Morgan fingerprint density at radius 1 is 0.257 bits per heavy atom. The minimum absolute atomic E-state index is 1.06. The first-order valence-electron chi connectivity index (χ1n) is 24.1. The van der Waals surface area contributed by atoms with Crippen LogP contribution < -0.4 is 4.90 Å². The molecule has 0 spiro atoms. The van der Waals surface area contributed by atoms with E-state index in [-0.39, 0.29) is 0 Å². The molecule has 0 saturated heterocycles. The van der Waals surface area contributed by atoms with Crippen LogP contribution in [0.2, 0.25) is 0 Å². The van der Waals surface area contributed by atoms with E-state index in [1.807, 2.05) is 0 Å². The second-order valence-corrected chi connectivity index (χ2v) is 18.0. The van der Waals surface area contributed by atoms with Crippen LogP contribution >= 0.6 is 0 Å². The Balaban J connectivity index is 1.07. The maximum Gasteiger partial charge on any atom is 0.0546 e. The highest BCUT2D eigenvalue weighted by Gasteiger charge is 2.24. The van der Waals surface area contributed by atoms with Crippen LogP contribution in [0.15, 0.2) is 279 Å². The van der Waals surface area contributed by atoms with Crippen LogP contribution in [0.4, 0.5) is 17.1 Å². The van der Waals surface area contributed by atoms with E-state index >= 15 is 0 Å². The zero-order chi connectivity index (χ0) is 46.4. The first-order chi connectivity index (χ1) is 34.7. The zero-order valence-electron chi connectivity index (χ0n) is 38.5. The third kappa shape index (κ3) is 7.13. The normalized spacial score (nSPS) is 11.4. The predicted molar refractivity (Wildman–Crippen MR) is 298 cm³/mol. The van der Waals surface area contributed by atoms with E-state index in [9.17, 15) is 0 Å². The second kappa shape index (κ2) is 17.4. The van der Waals surface area contributed by atoms with Crippen LogP contribution in [0.1, 0.15) is 0 Å². The number of nitrogens with zero attached hydrogens (tertiary/aromatic N) is 2. The van der Waals surface area contributed by atoms with Gasteiger partial charge in [-0.05, 0) is 121 Å².